The van der Waals surface area contributed by atoms with Crippen LogP contribution in [0, 0.1) is 0 Å². The Morgan fingerprint density at radius 2 is 2.16 bits per heavy atom. The van der Waals surface area contributed by atoms with E-state index in [1.165, 1.54) is 11.8 Å². The van der Waals surface area contributed by atoms with E-state index in [4.69, 9.17) is 0 Å². The number of hydrogen-bond donors (Lipinski definition) is 2. The van der Waals surface area contributed by atoms with Crippen molar-refractivity contribution in [1.29, 1.82) is 0 Å². The van der Waals surface area contributed by atoms with E-state index in [1.807, 2.05) is 6.26 Å². The fourth-order valence-electron chi connectivity index (χ4n) is 3.52. The number of aromatic nitrogens is 2. The number of nitrogens with zero attached hydrogens (tertiary/aromatic N) is 4. The molecule has 0 atom stereocenters. The molecule has 4 rings (SSSR count). The molecule has 25 heavy (non-hydrogen) atoms. The lowest BCUT2D eigenvalue weighted by atomic mass is 9.99. The summed E-state index contributed by atoms with van der Waals surface area (Å²) in [7, 11) is -4.41. The van der Waals surface area contributed by atoms with Gasteiger partial charge in [0.25, 0.3) is 10.1 Å². The number of anilines is 1. The molecule has 1 aromatic heterocycles. The molecule has 0 bridgehead atoms. The van der Waals surface area contributed by atoms with Crippen LogP contribution in [0.3, 0.4) is 0 Å². The van der Waals surface area contributed by atoms with Crippen LogP contribution in [0.15, 0.2) is 32.4 Å². The van der Waals surface area contributed by atoms with E-state index in [0.717, 1.165) is 42.2 Å². The van der Waals surface area contributed by atoms with Crippen LogP contribution in [0.4, 0.5) is 17.3 Å². The maximum Gasteiger partial charge on any atom is 0.297 e. The topological polar surface area (TPSA) is 111 Å². The minimum atomic E-state index is -4.41. The lowest BCUT2D eigenvalue weighted by Gasteiger charge is -2.28. The molecule has 2 N–H and O–H groups in total. The van der Waals surface area contributed by atoms with Crippen LogP contribution in [0.2, 0.25) is 0 Å². The molecule has 2 aliphatic heterocycles. The second-order valence-electron chi connectivity index (χ2n) is 6.00. The fraction of sp³-hybridized carbons (Fsp3) is 0.400. The summed E-state index contributed by atoms with van der Waals surface area (Å²) in [5.74, 6) is 0.293. The first kappa shape index (κ1) is 16.6. The predicted octanol–water partition coefficient (Wildman–Crippen LogP) is 3.10. The van der Waals surface area contributed by atoms with Crippen LogP contribution < -0.4 is 4.90 Å². The zero-order valence-electron chi connectivity index (χ0n) is 13.6. The Morgan fingerprint density at radius 3 is 2.88 bits per heavy atom. The average molecular weight is 379 g/mol. The van der Waals surface area contributed by atoms with Crippen LogP contribution in [0.1, 0.15) is 17.5 Å². The summed E-state index contributed by atoms with van der Waals surface area (Å²) in [5.41, 5.74) is 2.82. The van der Waals surface area contributed by atoms with Crippen LogP contribution in [-0.2, 0) is 23.0 Å². The quantitative estimate of drug-likeness (QED) is 0.480. The molecule has 0 saturated heterocycles. The summed E-state index contributed by atoms with van der Waals surface area (Å²) in [6.07, 6.45) is 5.84. The number of rotatable bonds is 4. The van der Waals surface area contributed by atoms with E-state index < -0.39 is 10.1 Å². The van der Waals surface area contributed by atoms with E-state index in [-0.39, 0.29) is 10.6 Å². The molecule has 0 radical (unpaired) electrons. The lowest BCUT2D eigenvalue weighted by molar-refractivity contribution is 0.481. The summed E-state index contributed by atoms with van der Waals surface area (Å²) in [5, 5.41) is 8.94. The fourth-order valence-corrected chi connectivity index (χ4v) is 4.75. The van der Waals surface area contributed by atoms with Crippen LogP contribution in [0.25, 0.3) is 0 Å². The molecule has 10 heteroatoms. The van der Waals surface area contributed by atoms with Crippen molar-refractivity contribution in [3.63, 3.8) is 0 Å². The number of azo groups is 1. The average Bonchev–Trinajstić information content (AvgIpc) is 3.20. The van der Waals surface area contributed by atoms with Gasteiger partial charge in [-0.05, 0) is 42.7 Å². The van der Waals surface area contributed by atoms with Gasteiger partial charge in [-0.2, -0.15) is 8.42 Å². The van der Waals surface area contributed by atoms with Crippen LogP contribution in [-0.4, -0.2) is 42.3 Å². The molecule has 0 fully saturated rings. The van der Waals surface area contributed by atoms with Crippen molar-refractivity contribution in [3.05, 3.63) is 23.4 Å². The maximum atomic E-state index is 12.0. The Morgan fingerprint density at radius 1 is 1.32 bits per heavy atom. The third-order valence-electron chi connectivity index (χ3n) is 4.50. The zero-order valence-corrected chi connectivity index (χ0v) is 15.2. The summed E-state index contributed by atoms with van der Waals surface area (Å²) in [6, 6.07) is 1.72. The number of aromatic amines is 1. The minimum absolute atomic E-state index is 0.127. The Balaban J connectivity index is 1.85. The van der Waals surface area contributed by atoms with Gasteiger partial charge in [0.15, 0.2) is 0 Å². The summed E-state index contributed by atoms with van der Waals surface area (Å²) >= 11 is 1.49. The number of nitrogens with one attached hydrogen (secondary N) is 1. The van der Waals surface area contributed by atoms with Gasteiger partial charge in [-0.3, -0.25) is 4.55 Å². The van der Waals surface area contributed by atoms with Crippen molar-refractivity contribution >= 4 is 39.2 Å². The molecule has 2 aliphatic rings. The molecule has 8 nitrogen and oxygen atoms in total. The van der Waals surface area contributed by atoms with Gasteiger partial charge in [0.1, 0.15) is 10.6 Å². The van der Waals surface area contributed by atoms with Gasteiger partial charge in [-0.15, -0.1) is 22.0 Å². The standard InChI is InChI=1S/C15H17N5O3S2/c1-24-12-8-16-15(17-12)19-18-11-7-9-4-6-20-5-2-3-10(13(9)20)14(11)25(21,22)23/h7-8H,2-6H2,1H3,(H,16,17)(H,21,22,23). The van der Waals surface area contributed by atoms with Gasteiger partial charge < -0.3 is 9.88 Å². The van der Waals surface area contributed by atoms with Crippen molar-refractivity contribution in [3.8, 4) is 0 Å². The number of imidazole rings is 1. The second kappa shape index (κ2) is 6.11. The van der Waals surface area contributed by atoms with Crippen molar-refractivity contribution < 1.29 is 13.0 Å². The summed E-state index contributed by atoms with van der Waals surface area (Å²) < 4.78 is 33.9. The minimum Gasteiger partial charge on any atom is -0.371 e. The first-order chi connectivity index (χ1) is 12.0. The van der Waals surface area contributed by atoms with Gasteiger partial charge in [0, 0.05) is 18.8 Å². The molecule has 0 unspecified atom stereocenters. The number of H-pyrrole nitrogens is 1. The van der Waals surface area contributed by atoms with Crippen LogP contribution in [0.5, 0.6) is 0 Å². The van der Waals surface area contributed by atoms with E-state index in [0.29, 0.717) is 17.9 Å². The van der Waals surface area contributed by atoms with Gasteiger partial charge in [0.2, 0.25) is 5.95 Å². The molecular weight excluding hydrogens is 362 g/mol. The first-order valence-electron chi connectivity index (χ1n) is 7.89. The van der Waals surface area contributed by atoms with Gasteiger partial charge in [-0.1, -0.05) is 0 Å². The van der Waals surface area contributed by atoms with E-state index in [9.17, 15) is 13.0 Å². The molecule has 0 amide bonds. The molecule has 132 valence electrons. The molecular formula is C15H17N5O3S2. The normalized spacial score (nSPS) is 16.6. The second-order valence-corrected chi connectivity index (χ2v) is 8.21. The molecule has 2 aromatic rings. The molecule has 0 spiro atoms. The molecule has 1 aromatic carbocycles. The van der Waals surface area contributed by atoms with Gasteiger partial charge in [-0.25, -0.2) is 4.98 Å². The van der Waals surface area contributed by atoms with Gasteiger partial charge >= 0.3 is 0 Å². The van der Waals surface area contributed by atoms with Gasteiger partial charge in [0.05, 0.1) is 11.2 Å². The van der Waals surface area contributed by atoms with Crippen molar-refractivity contribution in [2.24, 2.45) is 10.2 Å². The summed E-state index contributed by atoms with van der Waals surface area (Å²) in [6.45, 7) is 1.78. The van der Waals surface area contributed by atoms with E-state index in [1.54, 1.807) is 12.3 Å². The highest BCUT2D eigenvalue weighted by Crippen LogP contribution is 2.44. The molecule has 0 saturated carbocycles. The summed E-state index contributed by atoms with van der Waals surface area (Å²) in [4.78, 5) is 9.09. The third-order valence-corrected chi connectivity index (χ3v) is 6.12. The maximum absolute atomic E-state index is 12.0. The highest BCUT2D eigenvalue weighted by atomic mass is 32.2. The van der Waals surface area contributed by atoms with Crippen molar-refractivity contribution in [2.75, 3.05) is 24.2 Å². The lowest BCUT2D eigenvalue weighted by Crippen LogP contribution is -2.27. The largest absolute Gasteiger partial charge is 0.371 e. The highest BCUT2D eigenvalue weighted by Gasteiger charge is 2.33. The number of benzene rings is 1. The Bertz CT molecular complexity index is 968. The third kappa shape index (κ3) is 2.94. The van der Waals surface area contributed by atoms with E-state index >= 15 is 0 Å². The van der Waals surface area contributed by atoms with Crippen molar-refractivity contribution in [1.82, 2.24) is 9.97 Å². The first-order valence-corrected chi connectivity index (χ1v) is 10.6. The number of hydrogen-bond acceptors (Lipinski definition) is 7. The predicted molar refractivity (Wildman–Crippen MR) is 95.0 cm³/mol. The highest BCUT2D eigenvalue weighted by molar-refractivity contribution is 7.98. The monoisotopic (exact) mass is 379 g/mol. The Kier molecular flexibility index (Phi) is 4.05. The molecule has 0 aliphatic carbocycles. The number of thioether (sulfide) groups is 1. The molecule has 3 heterocycles. The Labute approximate surface area is 149 Å². The smallest absolute Gasteiger partial charge is 0.297 e. The van der Waals surface area contributed by atoms with E-state index in [2.05, 4.69) is 25.1 Å². The zero-order chi connectivity index (χ0) is 17.6. The van der Waals surface area contributed by atoms with Crippen LogP contribution >= 0.6 is 11.8 Å². The Hall–Kier alpha value is -1.91. The van der Waals surface area contributed by atoms with Crippen molar-refractivity contribution in [2.45, 2.75) is 29.2 Å². The SMILES string of the molecule is CSc1cnc(N=Nc2cc3c4c(c2S(=O)(=O)O)CCCN4CC3)[nH]1.